The lowest BCUT2D eigenvalue weighted by Gasteiger charge is -2.11. The van der Waals surface area contributed by atoms with Crippen molar-refractivity contribution in [2.24, 2.45) is 5.84 Å². The van der Waals surface area contributed by atoms with Crippen LogP contribution in [0.4, 0.5) is 11.9 Å². The number of hydrazine groups is 1. The third-order valence-electron chi connectivity index (χ3n) is 2.51. The highest BCUT2D eigenvalue weighted by Gasteiger charge is 2.08. The number of nitrogens with zero attached hydrogens (tertiary/aromatic N) is 4. The summed E-state index contributed by atoms with van der Waals surface area (Å²) in [5, 5.41) is 3.09. The number of nitrogens with two attached hydrogens (primary N) is 1. The molecule has 0 spiro atoms. The van der Waals surface area contributed by atoms with Crippen molar-refractivity contribution in [3.63, 3.8) is 0 Å². The summed E-state index contributed by atoms with van der Waals surface area (Å²) in [7, 11) is 0. The molecule has 2 rings (SSSR count). The van der Waals surface area contributed by atoms with Gasteiger partial charge in [0.1, 0.15) is 0 Å². The summed E-state index contributed by atoms with van der Waals surface area (Å²) in [5.74, 6) is 5.97. The molecule has 0 aromatic carbocycles. The first kappa shape index (κ1) is 14.9. The topological polar surface area (TPSA) is 111 Å². The standard InChI is InChI=1S/C13H19N7O/c1-8(2)21-13-18-11(17-12(19-13)20-14)16-7-10-5-4-9(3)15-6-10/h4-6,8H,7,14H2,1-3H3,(H2,16,17,18,19,20). The molecule has 0 radical (unpaired) electrons. The number of hydrogen-bond acceptors (Lipinski definition) is 8. The predicted molar refractivity (Wildman–Crippen MR) is 79.7 cm³/mol. The van der Waals surface area contributed by atoms with Gasteiger partial charge < -0.3 is 10.1 Å². The largest absolute Gasteiger partial charge is 0.461 e. The van der Waals surface area contributed by atoms with Crippen LogP contribution in [0.1, 0.15) is 25.1 Å². The quantitative estimate of drug-likeness (QED) is 0.538. The van der Waals surface area contributed by atoms with E-state index < -0.39 is 0 Å². The summed E-state index contributed by atoms with van der Waals surface area (Å²) >= 11 is 0. The molecule has 2 aromatic heterocycles. The van der Waals surface area contributed by atoms with E-state index in [1.165, 1.54) is 0 Å². The predicted octanol–water partition coefficient (Wildman–Crippen LogP) is 1.26. The molecule has 0 aliphatic heterocycles. The van der Waals surface area contributed by atoms with Gasteiger partial charge in [-0.3, -0.25) is 10.4 Å². The average molecular weight is 289 g/mol. The monoisotopic (exact) mass is 289 g/mol. The van der Waals surface area contributed by atoms with Crippen LogP contribution in [0.3, 0.4) is 0 Å². The van der Waals surface area contributed by atoms with Crippen molar-refractivity contribution in [2.75, 3.05) is 10.7 Å². The summed E-state index contributed by atoms with van der Waals surface area (Å²) in [5.41, 5.74) is 4.39. The van der Waals surface area contributed by atoms with Crippen molar-refractivity contribution < 1.29 is 4.74 Å². The summed E-state index contributed by atoms with van der Waals surface area (Å²) in [6.07, 6.45) is 1.77. The van der Waals surface area contributed by atoms with Gasteiger partial charge in [-0.25, -0.2) is 5.84 Å². The van der Waals surface area contributed by atoms with Crippen LogP contribution in [-0.4, -0.2) is 26.0 Å². The Morgan fingerprint density at radius 2 is 1.95 bits per heavy atom. The van der Waals surface area contributed by atoms with Crippen LogP contribution < -0.4 is 21.3 Å². The smallest absolute Gasteiger partial charge is 0.323 e. The Hall–Kier alpha value is -2.48. The van der Waals surface area contributed by atoms with Gasteiger partial charge in [0.05, 0.1) is 6.10 Å². The first-order chi connectivity index (χ1) is 10.1. The van der Waals surface area contributed by atoms with Gasteiger partial charge >= 0.3 is 6.01 Å². The van der Waals surface area contributed by atoms with Crippen LogP contribution in [0.25, 0.3) is 0 Å². The first-order valence-corrected chi connectivity index (χ1v) is 6.61. The van der Waals surface area contributed by atoms with E-state index in [9.17, 15) is 0 Å². The molecule has 2 aromatic rings. The Bertz CT molecular complexity index is 586. The molecule has 0 aliphatic rings. The van der Waals surface area contributed by atoms with Crippen LogP contribution in [-0.2, 0) is 6.54 Å². The molecule has 112 valence electrons. The van der Waals surface area contributed by atoms with Gasteiger partial charge in [0.25, 0.3) is 0 Å². The SMILES string of the molecule is Cc1ccc(CNc2nc(NN)nc(OC(C)C)n2)cn1. The van der Waals surface area contributed by atoms with Crippen molar-refractivity contribution in [3.05, 3.63) is 29.6 Å². The van der Waals surface area contributed by atoms with Crippen molar-refractivity contribution >= 4 is 11.9 Å². The zero-order valence-electron chi connectivity index (χ0n) is 12.3. The Morgan fingerprint density at radius 3 is 2.57 bits per heavy atom. The summed E-state index contributed by atoms with van der Waals surface area (Å²) in [6, 6.07) is 4.16. The summed E-state index contributed by atoms with van der Waals surface area (Å²) < 4.78 is 5.45. The molecule has 0 aliphatic carbocycles. The molecule has 0 saturated heterocycles. The Balaban J connectivity index is 2.09. The molecule has 0 atom stereocenters. The van der Waals surface area contributed by atoms with E-state index in [2.05, 4.69) is 30.7 Å². The van der Waals surface area contributed by atoms with E-state index >= 15 is 0 Å². The van der Waals surface area contributed by atoms with Crippen LogP contribution in [0.5, 0.6) is 6.01 Å². The second-order valence-corrected chi connectivity index (χ2v) is 4.74. The molecule has 2 heterocycles. The number of nitrogens with one attached hydrogen (secondary N) is 2. The number of aromatic nitrogens is 4. The minimum absolute atomic E-state index is 0.0350. The molecule has 0 amide bonds. The minimum atomic E-state index is -0.0350. The van der Waals surface area contributed by atoms with Crippen molar-refractivity contribution in [1.82, 2.24) is 19.9 Å². The number of rotatable bonds is 6. The number of aryl methyl sites for hydroxylation is 1. The fraction of sp³-hybridized carbons (Fsp3) is 0.385. The second-order valence-electron chi connectivity index (χ2n) is 4.74. The molecule has 8 nitrogen and oxygen atoms in total. The highest BCUT2D eigenvalue weighted by atomic mass is 16.5. The van der Waals surface area contributed by atoms with Gasteiger partial charge in [-0.05, 0) is 32.4 Å². The molecule has 0 saturated carbocycles. The van der Waals surface area contributed by atoms with Crippen molar-refractivity contribution in [1.29, 1.82) is 0 Å². The van der Waals surface area contributed by atoms with Crippen molar-refractivity contribution in [2.45, 2.75) is 33.4 Å². The summed E-state index contributed by atoms with van der Waals surface area (Å²) in [4.78, 5) is 16.6. The molecule has 8 heteroatoms. The van der Waals surface area contributed by atoms with Crippen LogP contribution in [0, 0.1) is 6.92 Å². The van der Waals surface area contributed by atoms with Crippen LogP contribution in [0.15, 0.2) is 18.3 Å². The fourth-order valence-electron chi connectivity index (χ4n) is 1.55. The Morgan fingerprint density at radius 1 is 1.19 bits per heavy atom. The fourth-order valence-corrected chi connectivity index (χ4v) is 1.55. The third-order valence-corrected chi connectivity index (χ3v) is 2.51. The molecule has 21 heavy (non-hydrogen) atoms. The highest BCUT2D eigenvalue weighted by Crippen LogP contribution is 2.12. The van der Waals surface area contributed by atoms with Gasteiger partial charge in [0.15, 0.2) is 0 Å². The maximum atomic E-state index is 5.45. The number of ether oxygens (including phenoxy) is 1. The van der Waals surface area contributed by atoms with E-state index in [0.717, 1.165) is 11.3 Å². The van der Waals surface area contributed by atoms with E-state index in [0.29, 0.717) is 12.5 Å². The lowest BCUT2D eigenvalue weighted by Crippen LogP contribution is -2.16. The zero-order chi connectivity index (χ0) is 15.2. The lowest BCUT2D eigenvalue weighted by molar-refractivity contribution is 0.222. The van der Waals surface area contributed by atoms with Crippen molar-refractivity contribution in [3.8, 4) is 6.01 Å². The van der Waals surface area contributed by atoms with Gasteiger partial charge in [-0.2, -0.15) is 15.0 Å². The lowest BCUT2D eigenvalue weighted by atomic mass is 10.2. The third kappa shape index (κ3) is 4.53. The zero-order valence-corrected chi connectivity index (χ0v) is 12.3. The van der Waals surface area contributed by atoms with Crippen LogP contribution in [0.2, 0.25) is 0 Å². The maximum absolute atomic E-state index is 5.45. The number of anilines is 2. The Kier molecular flexibility index (Phi) is 4.83. The molecular formula is C13H19N7O. The van der Waals surface area contributed by atoms with Gasteiger partial charge in [-0.1, -0.05) is 6.07 Å². The minimum Gasteiger partial charge on any atom is -0.461 e. The van der Waals surface area contributed by atoms with E-state index in [1.54, 1.807) is 6.20 Å². The van der Waals surface area contributed by atoms with Crippen LogP contribution >= 0.6 is 0 Å². The van der Waals surface area contributed by atoms with E-state index in [1.807, 2.05) is 32.9 Å². The molecule has 0 bridgehead atoms. The Labute approximate surface area is 123 Å². The summed E-state index contributed by atoms with van der Waals surface area (Å²) in [6.45, 7) is 6.27. The number of hydrogen-bond donors (Lipinski definition) is 3. The molecule has 4 N–H and O–H groups in total. The van der Waals surface area contributed by atoms with E-state index in [-0.39, 0.29) is 18.1 Å². The van der Waals surface area contributed by atoms with Gasteiger partial charge in [-0.15, -0.1) is 0 Å². The number of nitrogen functional groups attached to an aromatic ring is 1. The van der Waals surface area contributed by atoms with E-state index in [4.69, 9.17) is 10.6 Å². The first-order valence-electron chi connectivity index (χ1n) is 6.61. The molecule has 0 fully saturated rings. The second kappa shape index (κ2) is 6.80. The van der Waals surface area contributed by atoms with Gasteiger partial charge in [0, 0.05) is 18.4 Å². The van der Waals surface area contributed by atoms with Gasteiger partial charge in [0.2, 0.25) is 11.9 Å². The average Bonchev–Trinajstić information content (AvgIpc) is 2.45. The maximum Gasteiger partial charge on any atom is 0.323 e. The normalized spacial score (nSPS) is 10.5. The molecule has 0 unspecified atom stereocenters. The number of pyridine rings is 1. The highest BCUT2D eigenvalue weighted by molar-refractivity contribution is 5.35. The molecular weight excluding hydrogens is 270 g/mol.